The summed E-state index contributed by atoms with van der Waals surface area (Å²) in [6, 6.07) is 0. The van der Waals surface area contributed by atoms with Crippen LogP contribution in [0.25, 0.3) is 0 Å². The van der Waals surface area contributed by atoms with Crippen molar-refractivity contribution in [1.82, 2.24) is 0 Å². The summed E-state index contributed by atoms with van der Waals surface area (Å²) in [4.78, 5) is 3.91. The summed E-state index contributed by atoms with van der Waals surface area (Å²) in [5, 5.41) is 0. The molecule has 39 valence electrons. The highest BCUT2D eigenvalue weighted by atomic mass is 14.6. The van der Waals surface area contributed by atoms with Gasteiger partial charge in [0, 0.05) is 6.21 Å². The second kappa shape index (κ2) is 2.50. The van der Waals surface area contributed by atoms with Gasteiger partial charge in [0.15, 0.2) is 0 Å². The molecular formula is C6H7BN. The lowest BCUT2D eigenvalue weighted by Gasteiger charge is -1.80. The van der Waals surface area contributed by atoms with Gasteiger partial charge in [0.2, 0.25) is 0 Å². The van der Waals surface area contributed by atoms with E-state index in [9.17, 15) is 0 Å². The summed E-state index contributed by atoms with van der Waals surface area (Å²) in [6.45, 7) is 2.04. The minimum Gasteiger partial charge on any atom is -0.349 e. The molecule has 0 aliphatic carbocycles. The molecule has 0 aromatic rings. The van der Waals surface area contributed by atoms with Crippen molar-refractivity contribution in [2.45, 2.75) is 6.92 Å². The first-order valence-electron chi connectivity index (χ1n) is 2.59. The molecule has 1 aliphatic heterocycles. The van der Waals surface area contributed by atoms with Crippen LogP contribution in [0.1, 0.15) is 6.92 Å². The number of allylic oxidation sites excluding steroid dienone is 3. The van der Waals surface area contributed by atoms with Gasteiger partial charge < -0.3 is 4.90 Å². The summed E-state index contributed by atoms with van der Waals surface area (Å²) in [5.74, 6) is 1.93. The van der Waals surface area contributed by atoms with Crippen LogP contribution in [0.3, 0.4) is 0 Å². The van der Waals surface area contributed by atoms with Crippen LogP contribution in [0.2, 0.25) is 0 Å². The zero-order valence-corrected chi connectivity index (χ0v) is 4.83. The lowest BCUT2D eigenvalue weighted by atomic mass is 9.96. The molecule has 0 unspecified atom stereocenters. The molecule has 0 aromatic carbocycles. The van der Waals surface area contributed by atoms with E-state index < -0.39 is 0 Å². The van der Waals surface area contributed by atoms with Crippen LogP contribution in [0, 0.1) is 0 Å². The summed E-state index contributed by atoms with van der Waals surface area (Å²) in [6.07, 6.45) is 5.78. The molecule has 0 amide bonds. The molecule has 2 heteroatoms. The van der Waals surface area contributed by atoms with E-state index in [0.717, 1.165) is 0 Å². The van der Waals surface area contributed by atoms with Crippen LogP contribution in [0.5, 0.6) is 0 Å². The number of rotatable bonds is 0. The summed E-state index contributed by atoms with van der Waals surface area (Å²) in [5.41, 5.74) is 1.24. The molecule has 1 heterocycles. The van der Waals surface area contributed by atoms with E-state index in [1.165, 1.54) is 5.57 Å². The highest BCUT2D eigenvalue weighted by molar-refractivity contribution is 6.42. The third kappa shape index (κ3) is 1.37. The normalized spacial score (nSPS) is 16.9. The third-order valence-corrected chi connectivity index (χ3v) is 0.955. The van der Waals surface area contributed by atoms with Crippen molar-refractivity contribution in [3.8, 4) is 0 Å². The molecular weight excluding hydrogens is 96.9 g/mol. The predicted octanol–water partition coefficient (Wildman–Crippen LogP) is 1.15. The van der Waals surface area contributed by atoms with Crippen molar-refractivity contribution < 1.29 is 0 Å². The van der Waals surface area contributed by atoms with Crippen LogP contribution >= 0.6 is 0 Å². The average molecular weight is 104 g/mol. The van der Waals surface area contributed by atoms with Gasteiger partial charge in [-0.15, -0.1) is 0 Å². The molecule has 1 aliphatic rings. The zero-order chi connectivity index (χ0) is 5.82. The molecule has 1 radical (unpaired) electrons. The van der Waals surface area contributed by atoms with E-state index in [0.29, 0.717) is 0 Å². The van der Waals surface area contributed by atoms with Crippen molar-refractivity contribution in [2.75, 3.05) is 0 Å². The monoisotopic (exact) mass is 104 g/mol. The average Bonchev–Trinajstić information content (AvgIpc) is 1.94. The van der Waals surface area contributed by atoms with Gasteiger partial charge >= 0.3 is 7.41 Å². The largest absolute Gasteiger partial charge is 0.349 e. The number of nitrogens with zero attached hydrogens (tertiary/aromatic N) is 1. The molecule has 1 rings (SSSR count). The minimum absolute atomic E-state index is 1.24. The van der Waals surface area contributed by atoms with Gasteiger partial charge in [-0.05, 0) is 13.0 Å². The lowest BCUT2D eigenvalue weighted by Crippen LogP contribution is -1.73. The maximum absolute atomic E-state index is 3.91. The van der Waals surface area contributed by atoms with Crippen molar-refractivity contribution in [1.29, 1.82) is 0 Å². The summed E-state index contributed by atoms with van der Waals surface area (Å²) < 4.78 is 0. The molecule has 1 nitrogen and oxygen atoms in total. The van der Waals surface area contributed by atoms with Gasteiger partial charge in [0.05, 0.1) is 0 Å². The van der Waals surface area contributed by atoms with E-state index in [2.05, 4.69) is 4.90 Å². The zero-order valence-electron chi connectivity index (χ0n) is 4.83. The fourth-order valence-electron chi connectivity index (χ4n) is 0.510. The van der Waals surface area contributed by atoms with E-state index in [1.807, 2.05) is 25.1 Å². The maximum atomic E-state index is 3.91. The molecule has 0 N–H and O–H groups in total. The second-order valence-corrected chi connectivity index (χ2v) is 1.72. The van der Waals surface area contributed by atoms with E-state index in [4.69, 9.17) is 0 Å². The molecule has 0 fully saturated rings. The summed E-state index contributed by atoms with van der Waals surface area (Å²) >= 11 is 0. The van der Waals surface area contributed by atoms with Gasteiger partial charge in [-0.25, -0.2) is 0 Å². The minimum atomic E-state index is 1.24. The van der Waals surface area contributed by atoms with Crippen molar-refractivity contribution >= 4 is 13.6 Å². The first kappa shape index (κ1) is 5.35. The Balaban J connectivity index is 2.73. The molecule has 8 heavy (non-hydrogen) atoms. The first-order valence-corrected chi connectivity index (χ1v) is 2.59. The van der Waals surface area contributed by atoms with Crippen LogP contribution in [-0.2, 0) is 0 Å². The van der Waals surface area contributed by atoms with Crippen LogP contribution in [0.4, 0.5) is 0 Å². The molecule has 0 spiro atoms. The van der Waals surface area contributed by atoms with Crippen molar-refractivity contribution in [2.24, 2.45) is 4.90 Å². The van der Waals surface area contributed by atoms with Crippen molar-refractivity contribution in [3.05, 3.63) is 23.7 Å². The smallest absolute Gasteiger partial charge is 0.304 e. The molecule has 0 saturated carbocycles. The van der Waals surface area contributed by atoms with Gasteiger partial charge in [0.25, 0.3) is 0 Å². The lowest BCUT2D eigenvalue weighted by molar-refractivity contribution is 1.56. The maximum Gasteiger partial charge on any atom is 0.304 e. The van der Waals surface area contributed by atoms with Gasteiger partial charge in [0.1, 0.15) is 0 Å². The Kier molecular flexibility index (Phi) is 1.68. The highest BCUT2D eigenvalue weighted by Crippen LogP contribution is 1.94. The highest BCUT2D eigenvalue weighted by Gasteiger charge is 1.83. The summed E-state index contributed by atoms with van der Waals surface area (Å²) in [7, 11) is 1.77. The van der Waals surface area contributed by atoms with E-state index >= 15 is 0 Å². The predicted molar refractivity (Wildman–Crippen MR) is 37.1 cm³/mol. The Bertz CT molecular complexity index is 156. The second-order valence-electron chi connectivity index (χ2n) is 1.72. The van der Waals surface area contributed by atoms with Gasteiger partial charge in [-0.2, -0.15) is 0 Å². The molecule has 0 atom stereocenters. The molecule has 0 saturated heterocycles. The Morgan fingerprint density at radius 1 is 1.62 bits per heavy atom. The quantitative estimate of drug-likeness (QED) is 0.408. The topological polar surface area (TPSA) is 12.4 Å². The SMILES string of the molecule is CC1=CC=N[B]C=C1. The standard InChI is InChI=1S/C6H7BN/c1-6-2-4-7-8-5-3-6/h2-5H,1H3. The van der Waals surface area contributed by atoms with Crippen LogP contribution in [-0.4, -0.2) is 13.6 Å². The number of hydrogen-bond acceptors (Lipinski definition) is 1. The number of hydrogen-bond donors (Lipinski definition) is 0. The Morgan fingerprint density at radius 2 is 2.50 bits per heavy atom. The van der Waals surface area contributed by atoms with Gasteiger partial charge in [-0.3, -0.25) is 0 Å². The Hall–Kier alpha value is -0.785. The third-order valence-electron chi connectivity index (χ3n) is 0.955. The Morgan fingerprint density at radius 3 is 3.38 bits per heavy atom. The fourth-order valence-corrected chi connectivity index (χ4v) is 0.510. The van der Waals surface area contributed by atoms with E-state index in [1.54, 1.807) is 13.6 Å². The molecule has 0 bridgehead atoms. The first-order chi connectivity index (χ1) is 3.89. The van der Waals surface area contributed by atoms with Crippen LogP contribution < -0.4 is 0 Å². The van der Waals surface area contributed by atoms with Crippen molar-refractivity contribution in [3.63, 3.8) is 0 Å². The van der Waals surface area contributed by atoms with Crippen LogP contribution in [0.15, 0.2) is 28.6 Å². The fraction of sp³-hybridized carbons (Fsp3) is 0.167. The Labute approximate surface area is 50.1 Å². The van der Waals surface area contributed by atoms with Gasteiger partial charge in [-0.1, -0.05) is 17.6 Å². The van der Waals surface area contributed by atoms with E-state index in [-0.39, 0.29) is 0 Å². The molecule has 0 aromatic heterocycles.